The predicted molar refractivity (Wildman–Crippen MR) is 158 cm³/mol. The molecule has 0 aliphatic heterocycles. The number of hydrogen-bond donors (Lipinski definition) is 1. The topological polar surface area (TPSA) is 96.0 Å². The van der Waals surface area contributed by atoms with Crippen molar-refractivity contribution in [2.45, 2.75) is 57.6 Å². The van der Waals surface area contributed by atoms with Crippen LogP contribution in [0.25, 0.3) is 0 Å². The molecule has 40 heavy (non-hydrogen) atoms. The van der Waals surface area contributed by atoms with Crippen molar-refractivity contribution in [2.24, 2.45) is 0 Å². The van der Waals surface area contributed by atoms with Crippen molar-refractivity contribution in [1.82, 2.24) is 10.2 Å². The van der Waals surface area contributed by atoms with Crippen LogP contribution in [-0.4, -0.2) is 50.4 Å². The summed E-state index contributed by atoms with van der Waals surface area (Å²) in [5, 5.41) is 3.23. The third-order valence-corrected chi connectivity index (χ3v) is 8.18. The number of aryl methyl sites for hydroxylation is 1. The zero-order valence-electron chi connectivity index (χ0n) is 23.6. The number of ether oxygens (including phenoxy) is 1. The molecule has 0 saturated heterocycles. The van der Waals surface area contributed by atoms with Gasteiger partial charge in [0.25, 0.3) is 10.0 Å². The molecule has 2 amide bonds. The Morgan fingerprint density at radius 1 is 1.00 bits per heavy atom. The third-order valence-electron chi connectivity index (χ3n) is 6.16. The fourth-order valence-corrected chi connectivity index (χ4v) is 5.57. The molecule has 0 spiro atoms. The summed E-state index contributed by atoms with van der Waals surface area (Å²) >= 11 is 6.21. The molecule has 0 aromatic heterocycles. The summed E-state index contributed by atoms with van der Waals surface area (Å²) in [5.74, 6) is -0.401. The lowest BCUT2D eigenvalue weighted by Crippen LogP contribution is -2.54. The normalized spacial score (nSPS) is 12.4. The number of anilines is 1. The lowest BCUT2D eigenvalue weighted by Gasteiger charge is -2.33. The molecule has 0 heterocycles. The Kier molecular flexibility index (Phi) is 9.87. The van der Waals surface area contributed by atoms with Crippen molar-refractivity contribution in [1.29, 1.82) is 0 Å². The number of amides is 2. The SMILES string of the molecule is COc1ccc(S(=O)(=O)N(CC(=O)N(Cc2ccc(C)cc2)[C@H](C)C(=O)NC(C)(C)C)c2cccc(Cl)c2)cc1. The van der Waals surface area contributed by atoms with E-state index < -0.39 is 34.1 Å². The molecule has 10 heteroatoms. The minimum Gasteiger partial charge on any atom is -0.497 e. The van der Waals surface area contributed by atoms with Gasteiger partial charge in [-0.25, -0.2) is 8.42 Å². The van der Waals surface area contributed by atoms with Crippen molar-refractivity contribution in [3.05, 3.63) is 88.9 Å². The zero-order chi connectivity index (χ0) is 29.7. The molecule has 3 rings (SSSR count). The lowest BCUT2D eigenvalue weighted by molar-refractivity contribution is -0.140. The van der Waals surface area contributed by atoms with Crippen LogP contribution in [0.2, 0.25) is 5.02 Å². The highest BCUT2D eigenvalue weighted by molar-refractivity contribution is 7.92. The molecule has 1 N–H and O–H groups in total. The standard InChI is InChI=1S/C30H36ClN3O5S/c1-21-10-12-23(13-11-21)19-33(22(2)29(36)32-30(3,4)5)28(35)20-34(25-9-7-8-24(31)18-25)40(37,38)27-16-14-26(39-6)15-17-27/h7-18,22H,19-20H2,1-6H3,(H,32,36)/t22-/m1/s1. The molecular formula is C30H36ClN3O5S. The highest BCUT2D eigenvalue weighted by Crippen LogP contribution is 2.28. The Labute approximate surface area is 241 Å². The van der Waals surface area contributed by atoms with Crippen LogP contribution >= 0.6 is 11.6 Å². The Hall–Kier alpha value is -3.56. The molecule has 0 radical (unpaired) electrons. The first kappa shape index (κ1) is 31.0. The number of carbonyl (C=O) groups is 2. The summed E-state index contributed by atoms with van der Waals surface area (Å²) in [5.41, 5.74) is 1.56. The maximum absolute atomic E-state index is 14.0. The minimum atomic E-state index is -4.21. The molecular weight excluding hydrogens is 550 g/mol. The monoisotopic (exact) mass is 585 g/mol. The summed E-state index contributed by atoms with van der Waals surface area (Å²) in [7, 11) is -2.72. The Morgan fingerprint density at radius 2 is 1.62 bits per heavy atom. The molecule has 0 saturated carbocycles. The number of rotatable bonds is 10. The Morgan fingerprint density at radius 3 is 2.17 bits per heavy atom. The summed E-state index contributed by atoms with van der Waals surface area (Å²) in [6, 6.07) is 18.9. The molecule has 0 fully saturated rings. The summed E-state index contributed by atoms with van der Waals surface area (Å²) in [6.45, 7) is 8.72. The quantitative estimate of drug-likeness (QED) is 0.353. The van der Waals surface area contributed by atoms with Crippen LogP contribution in [-0.2, 0) is 26.2 Å². The van der Waals surface area contributed by atoms with Gasteiger partial charge in [-0.05, 0) is 82.6 Å². The molecule has 0 unspecified atom stereocenters. The molecule has 214 valence electrons. The summed E-state index contributed by atoms with van der Waals surface area (Å²) in [6.07, 6.45) is 0. The number of sulfonamides is 1. The van der Waals surface area contributed by atoms with Crippen LogP contribution < -0.4 is 14.4 Å². The second kappa shape index (κ2) is 12.7. The lowest BCUT2D eigenvalue weighted by atomic mass is 10.1. The first-order chi connectivity index (χ1) is 18.7. The fourth-order valence-electron chi connectivity index (χ4n) is 3.98. The van der Waals surface area contributed by atoms with E-state index in [2.05, 4.69) is 5.32 Å². The fraction of sp³-hybridized carbons (Fsp3) is 0.333. The molecule has 3 aromatic carbocycles. The second-order valence-corrected chi connectivity index (χ2v) is 12.9. The maximum Gasteiger partial charge on any atom is 0.264 e. The van der Waals surface area contributed by atoms with E-state index in [1.54, 1.807) is 25.1 Å². The van der Waals surface area contributed by atoms with Crippen LogP contribution in [0.3, 0.4) is 0 Å². The Bertz CT molecular complexity index is 1440. The minimum absolute atomic E-state index is 0.0234. The van der Waals surface area contributed by atoms with E-state index in [4.69, 9.17) is 16.3 Å². The van der Waals surface area contributed by atoms with Crippen LogP contribution in [0.4, 0.5) is 5.69 Å². The molecule has 0 aliphatic rings. The Balaban J connectivity index is 2.03. The van der Waals surface area contributed by atoms with Gasteiger partial charge in [-0.3, -0.25) is 13.9 Å². The number of halogens is 1. The van der Waals surface area contributed by atoms with E-state index in [0.29, 0.717) is 10.8 Å². The highest BCUT2D eigenvalue weighted by Gasteiger charge is 2.33. The van der Waals surface area contributed by atoms with E-state index in [-0.39, 0.29) is 23.0 Å². The summed E-state index contributed by atoms with van der Waals surface area (Å²) in [4.78, 5) is 28.5. The molecule has 0 bridgehead atoms. The van der Waals surface area contributed by atoms with Gasteiger partial charge in [0.1, 0.15) is 18.3 Å². The van der Waals surface area contributed by atoms with E-state index in [1.165, 1.54) is 42.3 Å². The van der Waals surface area contributed by atoms with Crippen LogP contribution in [0.5, 0.6) is 5.75 Å². The number of nitrogens with one attached hydrogen (secondary N) is 1. The molecule has 8 nitrogen and oxygen atoms in total. The number of hydrogen-bond acceptors (Lipinski definition) is 5. The van der Waals surface area contributed by atoms with Gasteiger partial charge in [0.15, 0.2) is 0 Å². The van der Waals surface area contributed by atoms with Crippen molar-refractivity contribution < 1.29 is 22.7 Å². The number of benzene rings is 3. The number of carbonyl (C=O) groups excluding carboxylic acids is 2. The van der Waals surface area contributed by atoms with E-state index >= 15 is 0 Å². The van der Waals surface area contributed by atoms with E-state index in [1.807, 2.05) is 52.0 Å². The zero-order valence-corrected chi connectivity index (χ0v) is 25.2. The highest BCUT2D eigenvalue weighted by atomic mass is 35.5. The maximum atomic E-state index is 14.0. The van der Waals surface area contributed by atoms with E-state index in [0.717, 1.165) is 15.4 Å². The second-order valence-electron chi connectivity index (χ2n) is 10.6. The average molecular weight is 586 g/mol. The van der Waals surface area contributed by atoms with Gasteiger partial charge >= 0.3 is 0 Å². The van der Waals surface area contributed by atoms with Crippen LogP contribution in [0.1, 0.15) is 38.8 Å². The first-order valence-electron chi connectivity index (χ1n) is 12.8. The van der Waals surface area contributed by atoms with Crippen molar-refractivity contribution in [2.75, 3.05) is 18.0 Å². The van der Waals surface area contributed by atoms with Gasteiger partial charge in [0, 0.05) is 17.1 Å². The predicted octanol–water partition coefficient (Wildman–Crippen LogP) is 5.18. The summed E-state index contributed by atoms with van der Waals surface area (Å²) < 4.78 is 33.9. The van der Waals surface area contributed by atoms with Crippen LogP contribution in [0, 0.1) is 6.92 Å². The smallest absolute Gasteiger partial charge is 0.264 e. The van der Waals surface area contributed by atoms with Crippen LogP contribution in [0.15, 0.2) is 77.7 Å². The van der Waals surface area contributed by atoms with Gasteiger partial charge in [-0.2, -0.15) is 0 Å². The third kappa shape index (κ3) is 7.99. The van der Waals surface area contributed by atoms with E-state index in [9.17, 15) is 18.0 Å². The van der Waals surface area contributed by atoms with Gasteiger partial charge in [-0.1, -0.05) is 47.5 Å². The molecule has 3 aromatic rings. The van der Waals surface area contributed by atoms with Gasteiger partial charge in [0.05, 0.1) is 17.7 Å². The van der Waals surface area contributed by atoms with Crippen molar-refractivity contribution >= 4 is 39.1 Å². The van der Waals surface area contributed by atoms with Gasteiger partial charge in [-0.15, -0.1) is 0 Å². The molecule has 0 aliphatic carbocycles. The first-order valence-corrected chi connectivity index (χ1v) is 14.6. The van der Waals surface area contributed by atoms with Gasteiger partial charge < -0.3 is 15.0 Å². The number of nitrogens with zero attached hydrogens (tertiary/aromatic N) is 2. The number of methoxy groups -OCH3 is 1. The van der Waals surface area contributed by atoms with Gasteiger partial charge in [0.2, 0.25) is 11.8 Å². The average Bonchev–Trinajstić information content (AvgIpc) is 2.89. The van der Waals surface area contributed by atoms with Crippen molar-refractivity contribution in [3.63, 3.8) is 0 Å². The van der Waals surface area contributed by atoms with Crippen molar-refractivity contribution in [3.8, 4) is 5.75 Å². The largest absolute Gasteiger partial charge is 0.497 e. The molecule has 1 atom stereocenters.